The highest BCUT2D eigenvalue weighted by Gasteiger charge is 2.29. The summed E-state index contributed by atoms with van der Waals surface area (Å²) in [6.07, 6.45) is 10.5. The molecule has 19 heavy (non-hydrogen) atoms. The molecule has 0 saturated carbocycles. The van der Waals surface area contributed by atoms with Crippen LogP contribution in [0.4, 0.5) is 5.00 Å². The first-order chi connectivity index (χ1) is 9.25. The Kier molecular flexibility index (Phi) is 3.69. The molecule has 1 amide bonds. The van der Waals surface area contributed by atoms with Crippen molar-refractivity contribution in [3.8, 4) is 0 Å². The average molecular weight is 276 g/mol. The van der Waals surface area contributed by atoms with Crippen LogP contribution < -0.4 is 4.90 Å². The van der Waals surface area contributed by atoms with Gasteiger partial charge in [-0.3, -0.25) is 4.79 Å². The van der Waals surface area contributed by atoms with E-state index in [-0.39, 0.29) is 5.92 Å². The molecule has 2 heterocycles. The molecular formula is C15H20N2OS. The number of amides is 1. The second kappa shape index (κ2) is 5.45. The summed E-state index contributed by atoms with van der Waals surface area (Å²) in [5, 5.41) is 2.20. The lowest BCUT2D eigenvalue weighted by Gasteiger charge is -2.26. The molecule has 102 valence electrons. The average Bonchev–Trinajstić information content (AvgIpc) is 2.69. The molecule has 1 aromatic heterocycles. The van der Waals surface area contributed by atoms with Crippen molar-refractivity contribution in [2.24, 2.45) is 5.92 Å². The standard InChI is InChI=1S/C15H20N2OS/c1-11-16-13-9-5-6-10-17(15(13)19-11)14(18)12-7-3-2-4-8-12/h2-3,12H,4-10H2,1H3. The van der Waals surface area contributed by atoms with E-state index in [1.54, 1.807) is 11.3 Å². The first-order valence-electron chi connectivity index (χ1n) is 7.18. The third-order valence-electron chi connectivity index (χ3n) is 3.96. The Balaban J connectivity index is 1.86. The fourth-order valence-electron chi connectivity index (χ4n) is 2.95. The summed E-state index contributed by atoms with van der Waals surface area (Å²) in [7, 11) is 0. The molecule has 0 fully saturated rings. The van der Waals surface area contributed by atoms with Crippen LogP contribution in [-0.2, 0) is 11.2 Å². The predicted molar refractivity (Wildman–Crippen MR) is 78.6 cm³/mol. The summed E-state index contributed by atoms with van der Waals surface area (Å²) in [6.45, 7) is 2.90. The largest absolute Gasteiger partial charge is 0.302 e. The summed E-state index contributed by atoms with van der Waals surface area (Å²) < 4.78 is 0. The van der Waals surface area contributed by atoms with Gasteiger partial charge < -0.3 is 4.90 Å². The Morgan fingerprint density at radius 1 is 1.42 bits per heavy atom. The monoisotopic (exact) mass is 276 g/mol. The summed E-state index contributed by atoms with van der Waals surface area (Å²) in [6, 6.07) is 0. The predicted octanol–water partition coefficient (Wildman–Crippen LogP) is 3.48. The number of thiazole rings is 1. The van der Waals surface area contributed by atoms with Crippen molar-refractivity contribution >= 4 is 22.2 Å². The van der Waals surface area contributed by atoms with Crippen molar-refractivity contribution in [3.05, 3.63) is 22.9 Å². The molecule has 1 aliphatic heterocycles. The van der Waals surface area contributed by atoms with E-state index in [1.165, 1.54) is 0 Å². The summed E-state index contributed by atoms with van der Waals surface area (Å²) in [5.74, 6) is 0.495. The van der Waals surface area contributed by atoms with Gasteiger partial charge in [0.05, 0.1) is 10.7 Å². The van der Waals surface area contributed by atoms with Gasteiger partial charge in [-0.2, -0.15) is 0 Å². The number of rotatable bonds is 1. The third-order valence-corrected chi connectivity index (χ3v) is 4.99. The van der Waals surface area contributed by atoms with E-state index in [0.717, 1.165) is 60.8 Å². The molecule has 3 rings (SSSR count). The molecule has 4 heteroatoms. The van der Waals surface area contributed by atoms with Crippen molar-refractivity contribution in [1.82, 2.24) is 4.98 Å². The van der Waals surface area contributed by atoms with Crippen LogP contribution >= 0.6 is 11.3 Å². The highest BCUT2D eigenvalue weighted by Crippen LogP contribution is 2.34. The molecular weight excluding hydrogens is 256 g/mol. The van der Waals surface area contributed by atoms with Crippen LogP contribution in [0.5, 0.6) is 0 Å². The van der Waals surface area contributed by atoms with Crippen molar-refractivity contribution in [1.29, 1.82) is 0 Å². The molecule has 0 aromatic carbocycles. The molecule has 0 spiro atoms. The number of hydrogen-bond donors (Lipinski definition) is 0. The maximum absolute atomic E-state index is 12.7. The van der Waals surface area contributed by atoms with Crippen LogP contribution in [0.25, 0.3) is 0 Å². The first kappa shape index (κ1) is 12.9. The molecule has 0 radical (unpaired) electrons. The van der Waals surface area contributed by atoms with Crippen LogP contribution in [-0.4, -0.2) is 17.4 Å². The Bertz CT molecular complexity index is 506. The highest BCUT2D eigenvalue weighted by molar-refractivity contribution is 7.16. The Labute approximate surface area is 118 Å². The van der Waals surface area contributed by atoms with Crippen LogP contribution in [0.2, 0.25) is 0 Å². The van der Waals surface area contributed by atoms with Crippen LogP contribution in [0.1, 0.15) is 42.8 Å². The minimum Gasteiger partial charge on any atom is -0.302 e. The topological polar surface area (TPSA) is 33.2 Å². The van der Waals surface area contributed by atoms with Gasteiger partial charge in [-0.05, 0) is 45.4 Å². The molecule has 1 atom stereocenters. The van der Waals surface area contributed by atoms with Gasteiger partial charge in [0.15, 0.2) is 0 Å². The Hall–Kier alpha value is -1.16. The molecule has 1 aromatic rings. The molecule has 2 aliphatic rings. The zero-order valence-corrected chi connectivity index (χ0v) is 12.2. The quantitative estimate of drug-likeness (QED) is 0.736. The molecule has 0 bridgehead atoms. The number of fused-ring (bicyclic) bond motifs is 1. The summed E-state index contributed by atoms with van der Waals surface area (Å²) >= 11 is 1.68. The second-order valence-electron chi connectivity index (χ2n) is 5.41. The summed E-state index contributed by atoms with van der Waals surface area (Å²) in [4.78, 5) is 19.4. The van der Waals surface area contributed by atoms with E-state index in [9.17, 15) is 4.79 Å². The van der Waals surface area contributed by atoms with Gasteiger partial charge in [-0.25, -0.2) is 4.98 Å². The zero-order chi connectivity index (χ0) is 13.2. The van der Waals surface area contributed by atoms with Crippen molar-refractivity contribution in [2.75, 3.05) is 11.4 Å². The number of anilines is 1. The number of carbonyl (C=O) groups excluding carboxylic acids is 1. The van der Waals surface area contributed by atoms with E-state index in [4.69, 9.17) is 0 Å². The Morgan fingerprint density at radius 3 is 3.11 bits per heavy atom. The lowest BCUT2D eigenvalue weighted by molar-refractivity contribution is -0.122. The van der Waals surface area contributed by atoms with Crippen molar-refractivity contribution in [3.63, 3.8) is 0 Å². The van der Waals surface area contributed by atoms with Crippen LogP contribution in [0.15, 0.2) is 12.2 Å². The van der Waals surface area contributed by atoms with E-state index in [0.29, 0.717) is 5.91 Å². The summed E-state index contributed by atoms with van der Waals surface area (Å²) in [5.41, 5.74) is 1.14. The number of nitrogens with zero attached hydrogens (tertiary/aromatic N) is 2. The van der Waals surface area contributed by atoms with Crippen LogP contribution in [0, 0.1) is 12.8 Å². The minimum absolute atomic E-state index is 0.179. The molecule has 3 nitrogen and oxygen atoms in total. The highest BCUT2D eigenvalue weighted by atomic mass is 32.1. The van der Waals surface area contributed by atoms with E-state index in [1.807, 2.05) is 11.8 Å². The fourth-order valence-corrected chi connectivity index (χ4v) is 3.94. The van der Waals surface area contributed by atoms with E-state index in [2.05, 4.69) is 17.1 Å². The third kappa shape index (κ3) is 2.59. The number of aromatic nitrogens is 1. The molecule has 0 N–H and O–H groups in total. The van der Waals surface area contributed by atoms with Gasteiger partial charge in [0.25, 0.3) is 0 Å². The van der Waals surface area contributed by atoms with Gasteiger partial charge in [-0.15, -0.1) is 11.3 Å². The van der Waals surface area contributed by atoms with E-state index >= 15 is 0 Å². The van der Waals surface area contributed by atoms with Gasteiger partial charge in [0.1, 0.15) is 5.00 Å². The van der Waals surface area contributed by atoms with Crippen molar-refractivity contribution < 1.29 is 4.79 Å². The smallest absolute Gasteiger partial charge is 0.231 e. The lowest BCUT2D eigenvalue weighted by Crippen LogP contribution is -2.36. The number of carbonyl (C=O) groups is 1. The number of allylic oxidation sites excluding steroid dienone is 2. The fraction of sp³-hybridized carbons (Fsp3) is 0.600. The van der Waals surface area contributed by atoms with E-state index < -0.39 is 0 Å². The zero-order valence-electron chi connectivity index (χ0n) is 11.4. The maximum Gasteiger partial charge on any atom is 0.231 e. The molecule has 0 saturated heterocycles. The number of aryl methyl sites for hydroxylation is 2. The SMILES string of the molecule is Cc1nc2c(s1)N(C(=O)C1CC=CCC1)CCCC2. The van der Waals surface area contributed by atoms with Gasteiger partial charge >= 0.3 is 0 Å². The van der Waals surface area contributed by atoms with Gasteiger partial charge in [0.2, 0.25) is 5.91 Å². The molecule has 1 unspecified atom stereocenters. The van der Waals surface area contributed by atoms with Crippen LogP contribution in [0.3, 0.4) is 0 Å². The van der Waals surface area contributed by atoms with Crippen molar-refractivity contribution in [2.45, 2.75) is 45.4 Å². The normalized spacial score (nSPS) is 23.0. The minimum atomic E-state index is 0.179. The Morgan fingerprint density at radius 2 is 2.32 bits per heavy atom. The second-order valence-corrected chi connectivity index (χ2v) is 6.59. The molecule has 1 aliphatic carbocycles. The number of hydrogen-bond acceptors (Lipinski definition) is 3. The maximum atomic E-state index is 12.7. The first-order valence-corrected chi connectivity index (χ1v) is 8.00. The van der Waals surface area contributed by atoms with Gasteiger partial charge in [-0.1, -0.05) is 12.2 Å². The van der Waals surface area contributed by atoms with Gasteiger partial charge in [0, 0.05) is 12.5 Å². The lowest BCUT2D eigenvalue weighted by atomic mass is 9.93.